The van der Waals surface area contributed by atoms with Gasteiger partial charge in [-0.05, 0) is 31.6 Å². The number of phosphoric ester groups is 2. The van der Waals surface area contributed by atoms with Crippen LogP contribution >= 0.6 is 15.6 Å². The lowest BCUT2D eigenvalue weighted by Gasteiger charge is -2.21. The van der Waals surface area contributed by atoms with E-state index < -0.39 is 97.5 Å². The number of carbonyl (C=O) groups excluding carboxylic acids is 4. The summed E-state index contributed by atoms with van der Waals surface area (Å²) in [5.41, 5.74) is 0. The zero-order chi connectivity index (χ0) is 71.2. The fraction of sp³-hybridized carbons (Fsp3) is 0.949. The van der Waals surface area contributed by atoms with Crippen LogP contribution in [0.1, 0.15) is 413 Å². The molecule has 0 bridgehead atoms. The number of hydrogen-bond acceptors (Lipinski definition) is 15. The topological polar surface area (TPSA) is 237 Å². The Morgan fingerprint density at radius 2 is 0.474 bits per heavy atom. The number of esters is 4. The average Bonchev–Trinajstić information content (AvgIpc) is 1.14. The summed E-state index contributed by atoms with van der Waals surface area (Å²) >= 11 is 0. The summed E-state index contributed by atoms with van der Waals surface area (Å²) in [7, 11) is -9.91. The molecule has 0 amide bonds. The predicted octanol–water partition coefficient (Wildman–Crippen LogP) is 23.3. The summed E-state index contributed by atoms with van der Waals surface area (Å²) in [6.07, 6.45) is 61.0. The van der Waals surface area contributed by atoms with Crippen LogP contribution in [0.15, 0.2) is 0 Å². The summed E-state index contributed by atoms with van der Waals surface area (Å²) < 4.78 is 68.6. The van der Waals surface area contributed by atoms with Gasteiger partial charge in [0.05, 0.1) is 26.4 Å². The Morgan fingerprint density at radius 3 is 0.701 bits per heavy atom. The van der Waals surface area contributed by atoms with Crippen molar-refractivity contribution in [1.82, 2.24) is 0 Å². The fourth-order valence-corrected chi connectivity index (χ4v) is 13.6. The van der Waals surface area contributed by atoms with Gasteiger partial charge in [0.25, 0.3) is 0 Å². The highest BCUT2D eigenvalue weighted by molar-refractivity contribution is 7.47. The highest BCUT2D eigenvalue weighted by atomic mass is 31.2. The van der Waals surface area contributed by atoms with E-state index in [1.165, 1.54) is 231 Å². The Bertz CT molecular complexity index is 1860. The van der Waals surface area contributed by atoms with Crippen molar-refractivity contribution >= 4 is 39.5 Å². The molecule has 576 valence electrons. The average molecular weight is 1420 g/mol. The molecule has 0 aromatic rings. The SMILES string of the molecule is CCCCCCCCCCCCCCCCCCCCC(=O)O[C@H](COC(=O)CCCCCCCCCCCCCCCCC(C)C)COP(=O)(O)OC[C@@H](O)COP(=O)(O)OC[C@@H](COC(=O)CCCCCCCCCC)OC(=O)CCCCCCCCCCCCCCCC. The lowest BCUT2D eigenvalue weighted by atomic mass is 10.0. The van der Waals surface area contributed by atoms with Crippen LogP contribution < -0.4 is 0 Å². The van der Waals surface area contributed by atoms with Gasteiger partial charge < -0.3 is 33.8 Å². The summed E-state index contributed by atoms with van der Waals surface area (Å²) in [6.45, 7) is 7.31. The first-order valence-electron chi connectivity index (χ1n) is 40.6. The Labute approximate surface area is 594 Å². The summed E-state index contributed by atoms with van der Waals surface area (Å²) in [6, 6.07) is 0. The maximum Gasteiger partial charge on any atom is 0.472 e. The van der Waals surface area contributed by atoms with Gasteiger partial charge in [0.2, 0.25) is 0 Å². The molecule has 0 fully saturated rings. The van der Waals surface area contributed by atoms with Crippen LogP contribution in [0.4, 0.5) is 0 Å². The number of unbranched alkanes of at least 4 members (excludes halogenated alkanes) is 50. The van der Waals surface area contributed by atoms with E-state index in [0.29, 0.717) is 25.7 Å². The molecule has 0 saturated heterocycles. The molecule has 19 heteroatoms. The maximum absolute atomic E-state index is 13.1. The third kappa shape index (κ3) is 72.2. The molecule has 0 aromatic heterocycles. The number of aliphatic hydroxyl groups excluding tert-OH is 1. The van der Waals surface area contributed by atoms with E-state index in [0.717, 1.165) is 102 Å². The van der Waals surface area contributed by atoms with Crippen molar-refractivity contribution in [2.45, 2.75) is 432 Å². The van der Waals surface area contributed by atoms with Gasteiger partial charge >= 0.3 is 39.5 Å². The number of hydrogen-bond donors (Lipinski definition) is 3. The Morgan fingerprint density at radius 1 is 0.278 bits per heavy atom. The minimum atomic E-state index is -4.96. The molecule has 0 aromatic carbocycles. The Hall–Kier alpha value is -1.94. The Kier molecular flexibility index (Phi) is 69.6. The molecular weight excluding hydrogens is 1270 g/mol. The van der Waals surface area contributed by atoms with E-state index >= 15 is 0 Å². The van der Waals surface area contributed by atoms with Crippen LogP contribution in [-0.4, -0.2) is 96.7 Å². The molecule has 2 unspecified atom stereocenters. The van der Waals surface area contributed by atoms with Gasteiger partial charge in [-0.25, -0.2) is 9.13 Å². The van der Waals surface area contributed by atoms with Gasteiger partial charge in [-0.15, -0.1) is 0 Å². The minimum Gasteiger partial charge on any atom is -0.462 e. The number of aliphatic hydroxyl groups is 1. The number of carbonyl (C=O) groups is 4. The standard InChI is InChI=1S/C78H152O17P2/c1-6-9-12-15-18-21-23-25-27-28-29-30-36-40-44-49-54-59-64-78(83)95-74(68-89-76(81)62-57-52-47-42-38-35-32-31-33-37-41-45-50-55-60-71(4)5)70-93-97(86,87)91-66-72(79)65-90-96(84,85)92-69-73(67-88-75(80)61-56-51-46-20-17-14-11-8-3)94-77(82)63-58-53-48-43-39-34-26-24-22-19-16-13-10-7-2/h71-74,79H,6-70H2,1-5H3,(H,84,85)(H,86,87)/t72-,73+,74+/m0/s1. The number of ether oxygens (including phenoxy) is 4. The van der Waals surface area contributed by atoms with Gasteiger partial charge in [0, 0.05) is 25.7 Å². The summed E-state index contributed by atoms with van der Waals surface area (Å²) in [5.74, 6) is -1.31. The van der Waals surface area contributed by atoms with Gasteiger partial charge in [-0.1, -0.05) is 362 Å². The Balaban J connectivity index is 5.21. The number of rotatable bonds is 78. The predicted molar refractivity (Wildman–Crippen MR) is 395 cm³/mol. The molecule has 5 atom stereocenters. The molecule has 0 aliphatic carbocycles. The molecule has 3 N–H and O–H groups in total. The van der Waals surface area contributed by atoms with Crippen molar-refractivity contribution in [2.75, 3.05) is 39.6 Å². The third-order valence-electron chi connectivity index (χ3n) is 18.3. The van der Waals surface area contributed by atoms with Crippen LogP contribution in [0.3, 0.4) is 0 Å². The molecule has 0 aliphatic heterocycles. The fourth-order valence-electron chi connectivity index (χ4n) is 12.1. The van der Waals surface area contributed by atoms with Crippen molar-refractivity contribution in [1.29, 1.82) is 0 Å². The number of phosphoric acid groups is 2. The van der Waals surface area contributed by atoms with Crippen LogP contribution in [0.25, 0.3) is 0 Å². The molecule has 17 nitrogen and oxygen atoms in total. The highest BCUT2D eigenvalue weighted by Crippen LogP contribution is 2.45. The second kappa shape index (κ2) is 71.1. The highest BCUT2D eigenvalue weighted by Gasteiger charge is 2.30. The molecule has 0 radical (unpaired) electrons. The van der Waals surface area contributed by atoms with E-state index in [4.69, 9.17) is 37.0 Å². The van der Waals surface area contributed by atoms with Crippen molar-refractivity contribution < 1.29 is 80.2 Å². The van der Waals surface area contributed by atoms with E-state index in [1.54, 1.807) is 0 Å². The van der Waals surface area contributed by atoms with E-state index in [9.17, 15) is 43.2 Å². The maximum atomic E-state index is 13.1. The van der Waals surface area contributed by atoms with Crippen LogP contribution in [0.5, 0.6) is 0 Å². The van der Waals surface area contributed by atoms with Crippen molar-refractivity contribution in [3.63, 3.8) is 0 Å². The van der Waals surface area contributed by atoms with Gasteiger partial charge in [-0.3, -0.25) is 37.3 Å². The first-order chi connectivity index (χ1) is 47.0. The molecule has 0 aliphatic rings. The van der Waals surface area contributed by atoms with E-state index in [2.05, 4.69) is 34.6 Å². The van der Waals surface area contributed by atoms with Crippen LogP contribution in [-0.2, 0) is 65.4 Å². The minimum absolute atomic E-state index is 0.108. The van der Waals surface area contributed by atoms with Crippen molar-refractivity contribution in [3.8, 4) is 0 Å². The monoisotopic (exact) mass is 1420 g/mol. The lowest BCUT2D eigenvalue weighted by molar-refractivity contribution is -0.161. The second-order valence-corrected chi connectivity index (χ2v) is 31.5. The van der Waals surface area contributed by atoms with Crippen LogP contribution in [0.2, 0.25) is 0 Å². The molecular formula is C78H152O17P2. The molecule has 97 heavy (non-hydrogen) atoms. The molecule has 0 saturated carbocycles. The summed E-state index contributed by atoms with van der Waals surface area (Å²) in [5, 5.41) is 10.6. The second-order valence-electron chi connectivity index (χ2n) is 28.6. The third-order valence-corrected chi connectivity index (χ3v) is 20.2. The largest absolute Gasteiger partial charge is 0.472 e. The lowest BCUT2D eigenvalue weighted by Crippen LogP contribution is -2.30. The molecule has 0 spiro atoms. The smallest absolute Gasteiger partial charge is 0.462 e. The molecule has 0 rings (SSSR count). The van der Waals surface area contributed by atoms with Crippen molar-refractivity contribution in [3.05, 3.63) is 0 Å². The van der Waals surface area contributed by atoms with Gasteiger partial charge in [-0.2, -0.15) is 0 Å². The zero-order valence-corrected chi connectivity index (χ0v) is 65.0. The van der Waals surface area contributed by atoms with Crippen LogP contribution in [0, 0.1) is 5.92 Å². The quantitative estimate of drug-likeness (QED) is 0.0222. The molecule has 0 heterocycles. The van der Waals surface area contributed by atoms with Crippen molar-refractivity contribution in [2.24, 2.45) is 5.92 Å². The van der Waals surface area contributed by atoms with Gasteiger partial charge in [0.1, 0.15) is 19.3 Å². The first kappa shape index (κ1) is 95.1. The summed E-state index contributed by atoms with van der Waals surface area (Å²) in [4.78, 5) is 72.8. The van der Waals surface area contributed by atoms with E-state index in [-0.39, 0.29) is 25.7 Å². The van der Waals surface area contributed by atoms with E-state index in [1.807, 2.05) is 0 Å². The van der Waals surface area contributed by atoms with Gasteiger partial charge in [0.15, 0.2) is 12.2 Å². The first-order valence-corrected chi connectivity index (χ1v) is 43.6. The normalized spacial score (nSPS) is 13.9. The zero-order valence-electron chi connectivity index (χ0n) is 63.2.